The standard InChI is InChI=1S/C31H32ClN3O6S/c1-34-27-12-9-24(17-30(36)35-15-14-20-4-2-3-5-21(20)18-35)41-29(27)19-40-28-13-8-23(16-26(28)31(34)37)33-42(38,39)25-10-6-22(32)7-11-25/h2-8,10-11,13,16,24,27,29,33H,9,12,14-15,17-19H2,1H3/t24-,27-,29+/m1/s1. The molecule has 0 bridgehead atoms. The number of carbonyl (C=O) groups is 2. The van der Waals surface area contributed by atoms with Crippen LogP contribution >= 0.6 is 11.6 Å². The molecule has 3 aliphatic rings. The highest BCUT2D eigenvalue weighted by molar-refractivity contribution is 7.92. The molecular formula is C31H32ClN3O6S. The van der Waals surface area contributed by atoms with Crippen molar-refractivity contribution in [2.75, 3.05) is 24.9 Å². The molecule has 42 heavy (non-hydrogen) atoms. The Kier molecular flexibility index (Phi) is 7.87. The lowest BCUT2D eigenvalue weighted by Crippen LogP contribution is -2.54. The molecule has 0 saturated carbocycles. The van der Waals surface area contributed by atoms with E-state index in [-0.39, 0.29) is 53.1 Å². The number of carbonyl (C=O) groups excluding carboxylic acids is 2. The van der Waals surface area contributed by atoms with E-state index in [9.17, 15) is 18.0 Å². The SMILES string of the molecule is CN1C(=O)c2cc(NS(=O)(=O)c3ccc(Cl)cc3)ccc2OC[C@@H]2O[C@@H](CC(=O)N3CCc4ccccc4C3)CC[C@H]21. The maximum absolute atomic E-state index is 13.6. The lowest BCUT2D eigenvalue weighted by atomic mass is 9.94. The van der Waals surface area contributed by atoms with Crippen LogP contribution < -0.4 is 9.46 Å². The normalized spacial score (nSPS) is 22.1. The summed E-state index contributed by atoms with van der Waals surface area (Å²) in [6.07, 6.45) is 1.78. The fourth-order valence-corrected chi connectivity index (χ4v) is 7.13. The second-order valence-electron chi connectivity index (χ2n) is 11.0. The summed E-state index contributed by atoms with van der Waals surface area (Å²) < 4.78 is 40.7. The molecule has 3 aliphatic heterocycles. The number of halogens is 1. The van der Waals surface area contributed by atoms with Crippen molar-refractivity contribution < 1.29 is 27.5 Å². The monoisotopic (exact) mass is 609 g/mol. The molecule has 1 saturated heterocycles. The number of nitrogens with one attached hydrogen (secondary N) is 1. The van der Waals surface area contributed by atoms with Crippen LogP contribution in [0.15, 0.2) is 71.6 Å². The minimum absolute atomic E-state index is 0.0543. The Balaban J connectivity index is 1.13. The van der Waals surface area contributed by atoms with E-state index < -0.39 is 16.1 Å². The van der Waals surface area contributed by atoms with Crippen molar-refractivity contribution in [1.29, 1.82) is 0 Å². The smallest absolute Gasteiger partial charge is 0.261 e. The highest BCUT2D eigenvalue weighted by Crippen LogP contribution is 2.33. The Labute approximate surface area is 250 Å². The molecule has 2 amide bonds. The van der Waals surface area contributed by atoms with E-state index in [1.165, 1.54) is 41.5 Å². The van der Waals surface area contributed by atoms with Gasteiger partial charge in [0.25, 0.3) is 15.9 Å². The number of fused-ring (bicyclic) bond motifs is 3. The molecule has 9 nitrogen and oxygen atoms in total. The summed E-state index contributed by atoms with van der Waals surface area (Å²) >= 11 is 5.89. The van der Waals surface area contributed by atoms with Gasteiger partial charge >= 0.3 is 0 Å². The van der Waals surface area contributed by atoms with Crippen LogP contribution in [0, 0.1) is 0 Å². The fraction of sp³-hybridized carbons (Fsp3) is 0.355. The number of likely N-dealkylation sites (N-methyl/N-ethyl adjacent to an activating group) is 1. The van der Waals surface area contributed by atoms with Crippen LogP contribution in [0.25, 0.3) is 0 Å². The molecule has 1 N–H and O–H groups in total. The number of hydrogen-bond donors (Lipinski definition) is 1. The van der Waals surface area contributed by atoms with Gasteiger partial charge in [-0.05, 0) is 72.9 Å². The van der Waals surface area contributed by atoms with Crippen molar-refractivity contribution in [3.05, 3.63) is 88.4 Å². The number of amides is 2. The lowest BCUT2D eigenvalue weighted by Gasteiger charge is -2.42. The van der Waals surface area contributed by atoms with E-state index >= 15 is 0 Å². The summed E-state index contributed by atoms with van der Waals surface area (Å²) in [7, 11) is -2.17. The Morgan fingerprint density at radius 2 is 1.81 bits per heavy atom. The molecule has 3 aromatic rings. The van der Waals surface area contributed by atoms with E-state index in [4.69, 9.17) is 21.1 Å². The summed E-state index contributed by atoms with van der Waals surface area (Å²) in [5.74, 6) is 0.119. The van der Waals surface area contributed by atoms with Crippen molar-refractivity contribution in [2.24, 2.45) is 0 Å². The fourth-order valence-electron chi connectivity index (χ4n) is 5.95. The summed E-state index contributed by atoms with van der Waals surface area (Å²) in [6.45, 7) is 1.51. The molecule has 220 valence electrons. The molecule has 1 fully saturated rings. The molecule has 0 aromatic heterocycles. The van der Waals surface area contributed by atoms with Gasteiger partial charge in [0.2, 0.25) is 5.91 Å². The summed E-state index contributed by atoms with van der Waals surface area (Å²) in [4.78, 5) is 30.3. The van der Waals surface area contributed by atoms with E-state index in [2.05, 4.69) is 16.9 Å². The first-order valence-corrected chi connectivity index (χ1v) is 15.9. The molecule has 3 aromatic carbocycles. The van der Waals surface area contributed by atoms with Crippen LogP contribution in [-0.2, 0) is 32.5 Å². The molecule has 11 heteroatoms. The van der Waals surface area contributed by atoms with Gasteiger partial charge in [-0.1, -0.05) is 35.9 Å². The number of benzene rings is 3. The van der Waals surface area contributed by atoms with Crippen molar-refractivity contribution in [3.63, 3.8) is 0 Å². The van der Waals surface area contributed by atoms with Gasteiger partial charge in [0.15, 0.2) is 0 Å². The summed E-state index contributed by atoms with van der Waals surface area (Å²) in [5, 5.41) is 0.428. The third-order valence-electron chi connectivity index (χ3n) is 8.27. The highest BCUT2D eigenvalue weighted by atomic mass is 35.5. The third-order valence-corrected chi connectivity index (χ3v) is 9.92. The Morgan fingerprint density at radius 1 is 1.05 bits per heavy atom. The van der Waals surface area contributed by atoms with Gasteiger partial charge in [0.1, 0.15) is 18.5 Å². The largest absolute Gasteiger partial charge is 0.490 e. The minimum Gasteiger partial charge on any atom is -0.490 e. The van der Waals surface area contributed by atoms with E-state index in [0.717, 1.165) is 6.42 Å². The molecule has 0 unspecified atom stereocenters. The van der Waals surface area contributed by atoms with E-state index in [1.807, 2.05) is 17.0 Å². The first-order valence-electron chi connectivity index (χ1n) is 14.0. The first kappa shape index (κ1) is 28.5. The zero-order valence-electron chi connectivity index (χ0n) is 23.2. The lowest BCUT2D eigenvalue weighted by molar-refractivity contribution is -0.143. The predicted molar refractivity (Wildman–Crippen MR) is 158 cm³/mol. The van der Waals surface area contributed by atoms with Gasteiger partial charge in [0, 0.05) is 30.8 Å². The summed E-state index contributed by atoms with van der Waals surface area (Å²) in [5.41, 5.74) is 2.99. The molecular weight excluding hydrogens is 578 g/mol. The maximum Gasteiger partial charge on any atom is 0.261 e. The number of anilines is 1. The predicted octanol–water partition coefficient (Wildman–Crippen LogP) is 4.50. The molecule has 3 atom stereocenters. The molecule has 0 spiro atoms. The molecule has 0 radical (unpaired) electrons. The van der Waals surface area contributed by atoms with Gasteiger partial charge in [-0.25, -0.2) is 8.42 Å². The number of nitrogens with zero attached hydrogens (tertiary/aromatic N) is 2. The van der Waals surface area contributed by atoms with Crippen LogP contribution in [0.4, 0.5) is 5.69 Å². The van der Waals surface area contributed by atoms with Crippen LogP contribution in [0.3, 0.4) is 0 Å². The Morgan fingerprint density at radius 3 is 2.60 bits per heavy atom. The van der Waals surface area contributed by atoms with Gasteiger partial charge in [-0.3, -0.25) is 14.3 Å². The highest BCUT2D eigenvalue weighted by Gasteiger charge is 2.39. The van der Waals surface area contributed by atoms with Gasteiger partial charge < -0.3 is 19.3 Å². The van der Waals surface area contributed by atoms with Crippen molar-refractivity contribution >= 4 is 39.1 Å². The zero-order chi connectivity index (χ0) is 29.4. The van der Waals surface area contributed by atoms with Gasteiger partial charge in [0.05, 0.1) is 29.0 Å². The zero-order valence-corrected chi connectivity index (χ0v) is 24.7. The van der Waals surface area contributed by atoms with Gasteiger partial charge in [-0.15, -0.1) is 0 Å². The quantitative estimate of drug-likeness (QED) is 0.457. The minimum atomic E-state index is -3.89. The number of rotatable bonds is 5. The second-order valence-corrected chi connectivity index (χ2v) is 13.1. The summed E-state index contributed by atoms with van der Waals surface area (Å²) in [6, 6.07) is 18.4. The maximum atomic E-state index is 13.6. The molecule has 6 rings (SSSR count). The number of sulfonamides is 1. The number of hydrogen-bond acceptors (Lipinski definition) is 6. The van der Waals surface area contributed by atoms with Gasteiger partial charge in [-0.2, -0.15) is 0 Å². The first-order chi connectivity index (χ1) is 20.2. The topological polar surface area (TPSA) is 105 Å². The van der Waals surface area contributed by atoms with Crippen LogP contribution in [-0.4, -0.2) is 68.5 Å². The Hall–Kier alpha value is -3.60. The third kappa shape index (κ3) is 5.84. The van der Waals surface area contributed by atoms with Crippen molar-refractivity contribution in [1.82, 2.24) is 9.80 Å². The Bertz CT molecular complexity index is 1610. The average Bonchev–Trinajstić information content (AvgIpc) is 2.99. The van der Waals surface area contributed by atoms with E-state index in [0.29, 0.717) is 36.7 Å². The van der Waals surface area contributed by atoms with Crippen LogP contribution in [0.2, 0.25) is 5.02 Å². The van der Waals surface area contributed by atoms with Crippen molar-refractivity contribution in [2.45, 2.75) is 55.4 Å². The second kappa shape index (κ2) is 11.6. The van der Waals surface area contributed by atoms with Crippen LogP contribution in [0.1, 0.15) is 40.7 Å². The molecule has 0 aliphatic carbocycles. The number of ether oxygens (including phenoxy) is 2. The molecule has 3 heterocycles. The average molecular weight is 610 g/mol. The van der Waals surface area contributed by atoms with Crippen LogP contribution in [0.5, 0.6) is 5.75 Å². The van der Waals surface area contributed by atoms with E-state index in [1.54, 1.807) is 24.1 Å². The van der Waals surface area contributed by atoms with Crippen molar-refractivity contribution in [3.8, 4) is 5.75 Å².